The second kappa shape index (κ2) is 5.27. The molecule has 20 heavy (non-hydrogen) atoms. The van der Waals surface area contributed by atoms with Gasteiger partial charge in [0.1, 0.15) is 5.75 Å². The van der Waals surface area contributed by atoms with Crippen molar-refractivity contribution in [1.29, 1.82) is 0 Å². The number of hydrogen-bond donors (Lipinski definition) is 4. The zero-order chi connectivity index (χ0) is 14.7. The van der Waals surface area contributed by atoms with Crippen LogP contribution in [0.15, 0.2) is 41.3 Å². The van der Waals surface area contributed by atoms with Crippen LogP contribution in [0.3, 0.4) is 0 Å². The van der Waals surface area contributed by atoms with Gasteiger partial charge in [0, 0.05) is 17.8 Å². The van der Waals surface area contributed by atoms with E-state index >= 15 is 0 Å². The van der Waals surface area contributed by atoms with Crippen molar-refractivity contribution in [3.63, 3.8) is 0 Å². The van der Waals surface area contributed by atoms with E-state index in [9.17, 15) is 19.5 Å². The van der Waals surface area contributed by atoms with Crippen LogP contribution in [0.1, 0.15) is 20.7 Å². The summed E-state index contributed by atoms with van der Waals surface area (Å²) in [6.07, 6.45) is 1.32. The number of aromatic hydroxyl groups is 1. The van der Waals surface area contributed by atoms with Crippen molar-refractivity contribution >= 4 is 17.6 Å². The van der Waals surface area contributed by atoms with Crippen LogP contribution in [0.4, 0.5) is 5.69 Å². The van der Waals surface area contributed by atoms with Crippen molar-refractivity contribution in [3.8, 4) is 5.75 Å². The highest BCUT2D eigenvalue weighted by molar-refractivity contribution is 6.05. The average molecular weight is 274 g/mol. The number of carboxylic acid groups (broad SMARTS) is 1. The lowest BCUT2D eigenvalue weighted by atomic mass is 10.2. The van der Waals surface area contributed by atoms with Gasteiger partial charge in [0.25, 0.3) is 5.91 Å². The minimum atomic E-state index is -1.19. The molecule has 0 spiro atoms. The molecule has 7 nitrogen and oxygen atoms in total. The maximum atomic E-state index is 11.8. The van der Waals surface area contributed by atoms with E-state index < -0.39 is 17.4 Å². The molecule has 1 heterocycles. The number of aromatic carboxylic acids is 1. The number of carbonyl (C=O) groups is 2. The highest BCUT2D eigenvalue weighted by Crippen LogP contribution is 2.24. The SMILES string of the molecule is O=C(O)c1ccc(NC(=O)c2cc[nH]c(=O)c2)c(O)c1. The lowest BCUT2D eigenvalue weighted by Gasteiger charge is -2.07. The molecule has 102 valence electrons. The van der Waals surface area contributed by atoms with Gasteiger partial charge in [0.2, 0.25) is 5.56 Å². The number of pyridine rings is 1. The summed E-state index contributed by atoms with van der Waals surface area (Å²) in [5, 5.41) is 20.8. The Hall–Kier alpha value is -3.09. The van der Waals surface area contributed by atoms with Crippen molar-refractivity contribution in [2.24, 2.45) is 0 Å². The number of phenols is 1. The molecule has 0 aliphatic carbocycles. The minimum Gasteiger partial charge on any atom is -0.506 e. The van der Waals surface area contributed by atoms with Gasteiger partial charge in [-0.2, -0.15) is 0 Å². The third-order valence-corrected chi connectivity index (χ3v) is 2.53. The third kappa shape index (κ3) is 2.83. The number of hydrogen-bond acceptors (Lipinski definition) is 4. The number of benzene rings is 1. The van der Waals surface area contributed by atoms with Crippen molar-refractivity contribution < 1.29 is 19.8 Å². The Morgan fingerprint density at radius 3 is 2.45 bits per heavy atom. The molecule has 0 bridgehead atoms. The second-order valence-electron chi connectivity index (χ2n) is 3.93. The molecule has 0 aliphatic heterocycles. The first-order valence-corrected chi connectivity index (χ1v) is 5.54. The van der Waals surface area contributed by atoms with E-state index in [2.05, 4.69) is 10.3 Å². The predicted molar refractivity (Wildman–Crippen MR) is 70.1 cm³/mol. The monoisotopic (exact) mass is 274 g/mol. The Morgan fingerprint density at radius 2 is 1.85 bits per heavy atom. The van der Waals surface area contributed by atoms with Crippen LogP contribution in [0.5, 0.6) is 5.75 Å². The molecule has 1 amide bonds. The van der Waals surface area contributed by atoms with Gasteiger partial charge >= 0.3 is 5.97 Å². The molecular weight excluding hydrogens is 264 g/mol. The Kier molecular flexibility index (Phi) is 3.52. The predicted octanol–water partition coefficient (Wildman–Crippen LogP) is 1.03. The number of carboxylic acids is 1. The van der Waals surface area contributed by atoms with E-state index in [1.165, 1.54) is 24.4 Å². The first-order chi connectivity index (χ1) is 9.47. The number of aromatic amines is 1. The Labute approximate surface area is 112 Å². The van der Waals surface area contributed by atoms with Crippen molar-refractivity contribution in [3.05, 3.63) is 58.0 Å². The summed E-state index contributed by atoms with van der Waals surface area (Å²) < 4.78 is 0. The van der Waals surface area contributed by atoms with Crippen LogP contribution >= 0.6 is 0 Å². The van der Waals surface area contributed by atoms with E-state index in [0.717, 1.165) is 12.1 Å². The molecule has 0 unspecified atom stereocenters. The topological polar surface area (TPSA) is 119 Å². The highest BCUT2D eigenvalue weighted by atomic mass is 16.4. The fraction of sp³-hybridized carbons (Fsp3) is 0. The molecule has 7 heteroatoms. The highest BCUT2D eigenvalue weighted by Gasteiger charge is 2.11. The number of carbonyl (C=O) groups excluding carboxylic acids is 1. The molecule has 0 aliphatic rings. The van der Waals surface area contributed by atoms with Crippen LogP contribution in [-0.2, 0) is 0 Å². The zero-order valence-electron chi connectivity index (χ0n) is 10.1. The van der Waals surface area contributed by atoms with Crippen LogP contribution in [0, 0.1) is 0 Å². The van der Waals surface area contributed by atoms with Crippen LogP contribution in [0.2, 0.25) is 0 Å². The summed E-state index contributed by atoms with van der Waals surface area (Å²) in [7, 11) is 0. The fourth-order valence-electron chi connectivity index (χ4n) is 1.55. The first-order valence-electron chi connectivity index (χ1n) is 5.54. The fourth-order valence-corrected chi connectivity index (χ4v) is 1.55. The molecule has 1 aromatic heterocycles. The number of phenolic OH excluding ortho intramolecular Hbond substituents is 1. The summed E-state index contributed by atoms with van der Waals surface area (Å²) in [6.45, 7) is 0. The molecular formula is C13H10N2O5. The van der Waals surface area contributed by atoms with E-state index in [4.69, 9.17) is 5.11 Å². The van der Waals surface area contributed by atoms with E-state index in [1.54, 1.807) is 0 Å². The number of aromatic nitrogens is 1. The molecule has 0 radical (unpaired) electrons. The van der Waals surface area contributed by atoms with Crippen LogP contribution in [0.25, 0.3) is 0 Å². The largest absolute Gasteiger partial charge is 0.506 e. The Morgan fingerprint density at radius 1 is 1.10 bits per heavy atom. The molecule has 0 saturated heterocycles. The smallest absolute Gasteiger partial charge is 0.335 e. The first kappa shape index (κ1) is 13.3. The van der Waals surface area contributed by atoms with Crippen LogP contribution in [-0.4, -0.2) is 27.1 Å². The lowest BCUT2D eigenvalue weighted by Crippen LogP contribution is -2.15. The van der Waals surface area contributed by atoms with Gasteiger partial charge in [-0.1, -0.05) is 0 Å². The number of nitrogens with one attached hydrogen (secondary N) is 2. The summed E-state index contributed by atoms with van der Waals surface area (Å²) in [6, 6.07) is 6.05. The summed E-state index contributed by atoms with van der Waals surface area (Å²) >= 11 is 0. The molecule has 1 aromatic carbocycles. The minimum absolute atomic E-state index is 0.0558. The average Bonchev–Trinajstić information content (AvgIpc) is 2.40. The number of rotatable bonds is 3. The van der Waals surface area contributed by atoms with Crippen LogP contribution < -0.4 is 10.9 Å². The van der Waals surface area contributed by atoms with Gasteiger partial charge < -0.3 is 20.5 Å². The zero-order valence-corrected chi connectivity index (χ0v) is 10.1. The molecule has 0 atom stereocenters. The number of anilines is 1. The van der Waals surface area contributed by atoms with Gasteiger partial charge in [0.05, 0.1) is 11.3 Å². The van der Waals surface area contributed by atoms with E-state index in [-0.39, 0.29) is 22.6 Å². The maximum absolute atomic E-state index is 11.8. The normalized spacial score (nSPS) is 10.0. The van der Waals surface area contributed by atoms with Crippen molar-refractivity contribution in [1.82, 2.24) is 4.98 Å². The van der Waals surface area contributed by atoms with Gasteiger partial charge in [-0.05, 0) is 24.3 Å². The van der Waals surface area contributed by atoms with Gasteiger partial charge in [-0.3, -0.25) is 9.59 Å². The van der Waals surface area contributed by atoms with Gasteiger partial charge in [-0.15, -0.1) is 0 Å². The number of amides is 1. The van der Waals surface area contributed by atoms with Gasteiger partial charge in [-0.25, -0.2) is 4.79 Å². The maximum Gasteiger partial charge on any atom is 0.335 e. The van der Waals surface area contributed by atoms with Crippen molar-refractivity contribution in [2.45, 2.75) is 0 Å². The standard InChI is InChI=1S/C13H10N2O5/c16-10-5-8(13(19)20)1-2-9(10)15-12(18)7-3-4-14-11(17)6-7/h1-6,16H,(H,14,17)(H,15,18)(H,19,20). The second-order valence-corrected chi connectivity index (χ2v) is 3.93. The molecule has 2 rings (SSSR count). The quantitative estimate of drug-likeness (QED) is 0.623. The summed E-state index contributed by atoms with van der Waals surface area (Å²) in [4.78, 5) is 36.0. The summed E-state index contributed by atoms with van der Waals surface area (Å²) in [5.41, 5.74) is -0.351. The van der Waals surface area contributed by atoms with Gasteiger partial charge in [0.15, 0.2) is 0 Å². The Balaban J connectivity index is 2.24. The lowest BCUT2D eigenvalue weighted by molar-refractivity contribution is 0.0696. The van der Waals surface area contributed by atoms with Crippen molar-refractivity contribution in [2.75, 3.05) is 5.32 Å². The molecule has 0 fully saturated rings. The van der Waals surface area contributed by atoms with E-state index in [0.29, 0.717) is 0 Å². The number of H-pyrrole nitrogens is 1. The Bertz CT molecular complexity index is 736. The molecule has 0 saturated carbocycles. The molecule has 2 aromatic rings. The summed E-state index contributed by atoms with van der Waals surface area (Å²) in [5.74, 6) is -2.15. The molecule has 4 N–H and O–H groups in total. The van der Waals surface area contributed by atoms with E-state index in [1.807, 2.05) is 0 Å². The third-order valence-electron chi connectivity index (χ3n) is 2.53.